The number of hydrogen-bond donors (Lipinski definition) is 1. The largest absolute Gasteiger partial charge is 0.512 e. The topological polar surface area (TPSA) is 85.2 Å². The second-order valence-corrected chi connectivity index (χ2v) is 4.73. The number of esters is 2. The zero-order valence-electron chi connectivity index (χ0n) is 13.5. The zero-order valence-corrected chi connectivity index (χ0v) is 13.5. The van der Waals surface area contributed by atoms with Crippen LogP contribution in [0.4, 0.5) is 0 Å². The van der Waals surface area contributed by atoms with Gasteiger partial charge in [-0.2, -0.15) is 0 Å². The van der Waals surface area contributed by atoms with Gasteiger partial charge in [0.15, 0.2) is 6.04 Å². The van der Waals surface area contributed by atoms with Gasteiger partial charge in [-0.15, -0.1) is 0 Å². The molecule has 0 saturated carbocycles. The molecule has 0 radical (unpaired) electrons. The van der Waals surface area contributed by atoms with Gasteiger partial charge < -0.3 is 14.6 Å². The van der Waals surface area contributed by atoms with E-state index in [4.69, 9.17) is 9.47 Å². The van der Waals surface area contributed by atoms with Gasteiger partial charge in [-0.3, -0.25) is 4.99 Å². The van der Waals surface area contributed by atoms with Crippen LogP contribution in [0.2, 0.25) is 0 Å². The second kappa shape index (κ2) is 9.40. The maximum absolute atomic E-state index is 11.9. The first-order valence-electron chi connectivity index (χ1n) is 7.21. The molecule has 6 heteroatoms. The normalized spacial score (nSPS) is 13.3. The first-order chi connectivity index (χ1) is 11.0. The van der Waals surface area contributed by atoms with Crippen LogP contribution in [0.5, 0.6) is 0 Å². The molecule has 1 aromatic rings. The van der Waals surface area contributed by atoms with E-state index in [2.05, 4.69) is 4.99 Å². The molecule has 0 aliphatic heterocycles. The fourth-order valence-electron chi connectivity index (χ4n) is 1.84. The van der Waals surface area contributed by atoms with Crippen molar-refractivity contribution in [2.45, 2.75) is 26.3 Å². The Morgan fingerprint density at radius 2 is 1.96 bits per heavy atom. The van der Waals surface area contributed by atoms with E-state index in [9.17, 15) is 14.7 Å². The number of methoxy groups -OCH3 is 1. The molecular weight excluding hydrogens is 298 g/mol. The van der Waals surface area contributed by atoms with Crippen molar-refractivity contribution < 1.29 is 24.2 Å². The van der Waals surface area contributed by atoms with Crippen molar-refractivity contribution in [2.24, 2.45) is 4.99 Å². The van der Waals surface area contributed by atoms with Gasteiger partial charge in [0.25, 0.3) is 0 Å². The number of allylic oxidation sites excluding steroid dienone is 1. The first-order valence-corrected chi connectivity index (χ1v) is 7.21. The highest BCUT2D eigenvalue weighted by Gasteiger charge is 2.19. The molecule has 1 aromatic carbocycles. The third-order valence-electron chi connectivity index (χ3n) is 3.01. The van der Waals surface area contributed by atoms with E-state index < -0.39 is 18.0 Å². The van der Waals surface area contributed by atoms with Crippen LogP contribution >= 0.6 is 0 Å². The second-order valence-electron chi connectivity index (χ2n) is 4.73. The molecule has 1 rings (SSSR count). The molecule has 6 nitrogen and oxygen atoms in total. The lowest BCUT2D eigenvalue weighted by molar-refractivity contribution is -0.142. The lowest BCUT2D eigenvalue weighted by atomic mass is 10.1. The van der Waals surface area contributed by atoms with E-state index in [-0.39, 0.29) is 17.9 Å². The molecule has 124 valence electrons. The first kappa shape index (κ1) is 18.4. The number of nitrogens with zero attached hydrogens (tertiary/aromatic N) is 1. The van der Waals surface area contributed by atoms with Crippen molar-refractivity contribution >= 4 is 18.2 Å². The number of carbonyl (C=O) groups is 2. The van der Waals surface area contributed by atoms with Crippen LogP contribution < -0.4 is 0 Å². The number of hydrogen-bond acceptors (Lipinski definition) is 6. The Morgan fingerprint density at radius 1 is 1.30 bits per heavy atom. The standard InChI is InChI=1S/C17H21NO5/c1-4-23-16(20)14(12(2)19)11-18-15(17(21)22-3)10-13-8-6-5-7-9-13/h5-9,11,15,19H,4,10H2,1-3H3/b14-12-,18-11?. The number of aliphatic hydroxyl groups excluding tert-OH is 1. The van der Waals surface area contributed by atoms with Crippen molar-refractivity contribution in [2.75, 3.05) is 13.7 Å². The number of carbonyl (C=O) groups excluding carboxylic acids is 2. The van der Waals surface area contributed by atoms with Crippen LogP contribution in [0.15, 0.2) is 46.7 Å². The summed E-state index contributed by atoms with van der Waals surface area (Å²) in [6.45, 7) is 3.18. The Labute approximate surface area is 135 Å². The van der Waals surface area contributed by atoms with Gasteiger partial charge in [0.05, 0.1) is 13.7 Å². The van der Waals surface area contributed by atoms with Crippen LogP contribution in [0.3, 0.4) is 0 Å². The molecule has 0 aliphatic carbocycles. The zero-order chi connectivity index (χ0) is 17.2. The number of benzene rings is 1. The fraction of sp³-hybridized carbons (Fsp3) is 0.353. The smallest absolute Gasteiger partial charge is 0.343 e. The van der Waals surface area contributed by atoms with Crippen LogP contribution in [-0.4, -0.2) is 43.0 Å². The molecule has 0 bridgehead atoms. The maximum Gasteiger partial charge on any atom is 0.343 e. The predicted octanol–water partition coefficient (Wildman–Crippen LogP) is 2.24. The third-order valence-corrected chi connectivity index (χ3v) is 3.01. The summed E-state index contributed by atoms with van der Waals surface area (Å²) in [6, 6.07) is 8.50. The van der Waals surface area contributed by atoms with Crippen molar-refractivity contribution in [3.63, 3.8) is 0 Å². The monoisotopic (exact) mass is 319 g/mol. The fourth-order valence-corrected chi connectivity index (χ4v) is 1.84. The molecule has 0 spiro atoms. The van der Waals surface area contributed by atoms with Crippen molar-refractivity contribution in [1.29, 1.82) is 0 Å². The molecule has 23 heavy (non-hydrogen) atoms. The summed E-state index contributed by atoms with van der Waals surface area (Å²) in [5.41, 5.74) is 0.816. The molecule has 1 unspecified atom stereocenters. The van der Waals surface area contributed by atoms with Crippen LogP contribution in [0.1, 0.15) is 19.4 Å². The highest BCUT2D eigenvalue weighted by Crippen LogP contribution is 2.09. The Morgan fingerprint density at radius 3 is 2.48 bits per heavy atom. The van der Waals surface area contributed by atoms with E-state index in [1.807, 2.05) is 30.3 Å². The van der Waals surface area contributed by atoms with Crippen LogP contribution in [0.25, 0.3) is 0 Å². The van der Waals surface area contributed by atoms with Crippen LogP contribution in [0, 0.1) is 0 Å². The van der Waals surface area contributed by atoms with Gasteiger partial charge in [0.1, 0.15) is 11.3 Å². The minimum atomic E-state index is -0.814. The van der Waals surface area contributed by atoms with Gasteiger partial charge in [-0.1, -0.05) is 30.3 Å². The number of aliphatic imine (C=N–C) groups is 1. The van der Waals surface area contributed by atoms with Crippen LogP contribution in [-0.2, 0) is 25.5 Å². The predicted molar refractivity (Wildman–Crippen MR) is 86.4 cm³/mol. The summed E-state index contributed by atoms with van der Waals surface area (Å²) in [7, 11) is 1.27. The highest BCUT2D eigenvalue weighted by molar-refractivity contribution is 6.10. The van der Waals surface area contributed by atoms with E-state index in [1.165, 1.54) is 14.0 Å². The maximum atomic E-state index is 11.9. The third kappa shape index (κ3) is 5.94. The summed E-state index contributed by atoms with van der Waals surface area (Å²) < 4.78 is 9.58. The van der Waals surface area contributed by atoms with Gasteiger partial charge in [0, 0.05) is 12.6 Å². The molecule has 0 aliphatic rings. The lowest BCUT2D eigenvalue weighted by Gasteiger charge is -2.11. The summed E-state index contributed by atoms with van der Waals surface area (Å²) in [6.07, 6.45) is 1.47. The number of aliphatic hydroxyl groups is 1. The Kier molecular flexibility index (Phi) is 7.53. The molecule has 0 heterocycles. The minimum Gasteiger partial charge on any atom is -0.512 e. The Bertz CT molecular complexity index is 588. The SMILES string of the molecule is CCOC(=O)/C(C=NC(Cc1ccccc1)C(=O)OC)=C(/C)O. The van der Waals surface area contributed by atoms with Gasteiger partial charge in [0.2, 0.25) is 0 Å². The molecule has 0 amide bonds. The molecule has 1 N–H and O–H groups in total. The van der Waals surface area contributed by atoms with E-state index >= 15 is 0 Å². The molecule has 0 fully saturated rings. The summed E-state index contributed by atoms with van der Waals surface area (Å²) in [4.78, 5) is 27.7. The Balaban J connectivity index is 2.97. The summed E-state index contributed by atoms with van der Waals surface area (Å²) in [5, 5.41) is 9.58. The van der Waals surface area contributed by atoms with Gasteiger partial charge in [-0.25, -0.2) is 9.59 Å². The van der Waals surface area contributed by atoms with Gasteiger partial charge in [-0.05, 0) is 19.4 Å². The van der Waals surface area contributed by atoms with E-state index in [0.717, 1.165) is 11.8 Å². The average molecular weight is 319 g/mol. The van der Waals surface area contributed by atoms with Gasteiger partial charge >= 0.3 is 11.9 Å². The van der Waals surface area contributed by atoms with Crippen molar-refractivity contribution in [3.05, 3.63) is 47.2 Å². The molecule has 1 atom stereocenters. The summed E-state index contributed by atoms with van der Waals surface area (Å²) >= 11 is 0. The quantitative estimate of drug-likeness (QED) is 0.360. The Hall–Kier alpha value is -2.63. The van der Waals surface area contributed by atoms with Crippen molar-refractivity contribution in [3.8, 4) is 0 Å². The highest BCUT2D eigenvalue weighted by atomic mass is 16.5. The molecule has 0 saturated heterocycles. The molecular formula is C17H21NO5. The number of ether oxygens (including phenoxy) is 2. The van der Waals surface area contributed by atoms with Crippen molar-refractivity contribution in [1.82, 2.24) is 0 Å². The van der Waals surface area contributed by atoms with E-state index in [1.54, 1.807) is 6.92 Å². The number of rotatable bonds is 7. The lowest BCUT2D eigenvalue weighted by Crippen LogP contribution is -2.23. The summed E-state index contributed by atoms with van der Waals surface area (Å²) in [5.74, 6) is -1.45. The minimum absolute atomic E-state index is 0.0891. The molecule has 0 aromatic heterocycles. The van der Waals surface area contributed by atoms with E-state index in [0.29, 0.717) is 6.42 Å². The average Bonchev–Trinajstić information content (AvgIpc) is 2.54.